The smallest absolute Gasteiger partial charge is 0.0398 e. The van der Waals surface area contributed by atoms with Crippen LogP contribution in [0.1, 0.15) is 6.92 Å². The Balaban J connectivity index is 3.88. The molecule has 0 atom stereocenters. The highest BCUT2D eigenvalue weighted by Crippen LogP contribution is 1.93. The Labute approximate surface area is 56.9 Å². The molecule has 0 rings (SSSR count). The van der Waals surface area contributed by atoms with Crippen molar-refractivity contribution < 1.29 is 0 Å². The maximum atomic E-state index is 3.57. The molecule has 0 spiro atoms. The van der Waals surface area contributed by atoms with Crippen LogP contribution < -0.4 is 0 Å². The van der Waals surface area contributed by atoms with Crippen LogP contribution in [-0.2, 0) is 0 Å². The van der Waals surface area contributed by atoms with Crippen LogP contribution >= 0.6 is 0 Å². The van der Waals surface area contributed by atoms with Crippen molar-refractivity contribution in [3.8, 4) is 0 Å². The standard InChI is InChI=1S/C9H12/c1-4-6-8-9(3)7-5-2/h4-8H,1-2H2,3H3/b8-6-,9-7+. The van der Waals surface area contributed by atoms with Crippen molar-refractivity contribution in [2.45, 2.75) is 6.92 Å². The summed E-state index contributed by atoms with van der Waals surface area (Å²) in [6.07, 6.45) is 9.34. The summed E-state index contributed by atoms with van der Waals surface area (Å²) in [7, 11) is 0. The quantitative estimate of drug-likeness (QED) is 0.502. The molecule has 0 aliphatic carbocycles. The minimum absolute atomic E-state index is 1.19. The van der Waals surface area contributed by atoms with Gasteiger partial charge in [-0.3, -0.25) is 0 Å². The zero-order chi connectivity index (χ0) is 7.11. The Morgan fingerprint density at radius 1 is 1.22 bits per heavy atom. The maximum absolute atomic E-state index is 3.57. The molecule has 0 aromatic heterocycles. The Kier molecular flexibility index (Phi) is 4.51. The highest BCUT2D eigenvalue weighted by atomic mass is 13.8. The second-order valence-electron chi connectivity index (χ2n) is 1.74. The number of allylic oxidation sites excluding steroid dienone is 6. The maximum Gasteiger partial charge on any atom is -0.0398 e. The second kappa shape index (κ2) is 5.10. The Hall–Kier alpha value is -1.04. The van der Waals surface area contributed by atoms with Gasteiger partial charge in [-0.25, -0.2) is 0 Å². The monoisotopic (exact) mass is 120 g/mol. The summed E-state index contributed by atoms with van der Waals surface area (Å²) >= 11 is 0. The molecule has 0 saturated heterocycles. The first kappa shape index (κ1) is 7.96. The lowest BCUT2D eigenvalue weighted by Gasteiger charge is -1.83. The van der Waals surface area contributed by atoms with Gasteiger partial charge in [0.25, 0.3) is 0 Å². The van der Waals surface area contributed by atoms with Crippen molar-refractivity contribution in [1.82, 2.24) is 0 Å². The van der Waals surface area contributed by atoms with E-state index in [4.69, 9.17) is 0 Å². The van der Waals surface area contributed by atoms with Gasteiger partial charge >= 0.3 is 0 Å². The summed E-state index contributed by atoms with van der Waals surface area (Å²) in [5, 5.41) is 0. The summed E-state index contributed by atoms with van der Waals surface area (Å²) in [5.74, 6) is 0. The molecule has 0 heterocycles. The lowest BCUT2D eigenvalue weighted by atomic mass is 10.2. The highest BCUT2D eigenvalue weighted by molar-refractivity contribution is 5.22. The average Bonchev–Trinajstić information content (AvgIpc) is 1.85. The topological polar surface area (TPSA) is 0 Å². The van der Waals surface area contributed by atoms with Gasteiger partial charge in [0, 0.05) is 0 Å². The van der Waals surface area contributed by atoms with E-state index in [2.05, 4.69) is 13.2 Å². The van der Waals surface area contributed by atoms with Crippen LogP contribution in [0.2, 0.25) is 0 Å². The van der Waals surface area contributed by atoms with Gasteiger partial charge in [0.05, 0.1) is 0 Å². The number of hydrogen-bond donors (Lipinski definition) is 0. The van der Waals surface area contributed by atoms with E-state index in [9.17, 15) is 0 Å². The van der Waals surface area contributed by atoms with Gasteiger partial charge in [-0.2, -0.15) is 0 Å². The van der Waals surface area contributed by atoms with Crippen molar-refractivity contribution in [3.05, 3.63) is 49.1 Å². The molecule has 0 N–H and O–H groups in total. The van der Waals surface area contributed by atoms with Gasteiger partial charge in [0.2, 0.25) is 0 Å². The van der Waals surface area contributed by atoms with Gasteiger partial charge in [0.1, 0.15) is 0 Å². The number of rotatable bonds is 3. The predicted octanol–water partition coefficient (Wildman–Crippen LogP) is 2.86. The van der Waals surface area contributed by atoms with E-state index in [1.165, 1.54) is 5.57 Å². The van der Waals surface area contributed by atoms with Gasteiger partial charge in [-0.05, 0) is 6.92 Å². The molecule has 0 saturated carbocycles. The van der Waals surface area contributed by atoms with E-state index in [0.29, 0.717) is 0 Å². The van der Waals surface area contributed by atoms with Crippen LogP contribution in [-0.4, -0.2) is 0 Å². The lowest BCUT2D eigenvalue weighted by Crippen LogP contribution is -1.62. The summed E-state index contributed by atoms with van der Waals surface area (Å²) in [5.41, 5.74) is 1.19. The van der Waals surface area contributed by atoms with E-state index in [1.54, 1.807) is 12.2 Å². The molecule has 0 fully saturated rings. The van der Waals surface area contributed by atoms with Gasteiger partial charge < -0.3 is 0 Å². The summed E-state index contributed by atoms with van der Waals surface area (Å²) in [4.78, 5) is 0. The molecule has 0 bridgehead atoms. The first-order valence-corrected chi connectivity index (χ1v) is 2.89. The van der Waals surface area contributed by atoms with Crippen molar-refractivity contribution in [1.29, 1.82) is 0 Å². The van der Waals surface area contributed by atoms with E-state index in [1.807, 2.05) is 25.2 Å². The minimum atomic E-state index is 1.19. The molecule has 0 radical (unpaired) electrons. The molecular formula is C9H12. The molecule has 48 valence electrons. The first-order chi connectivity index (χ1) is 4.31. The average molecular weight is 120 g/mol. The zero-order valence-electron chi connectivity index (χ0n) is 5.80. The van der Waals surface area contributed by atoms with Crippen LogP contribution in [0, 0.1) is 0 Å². The van der Waals surface area contributed by atoms with Crippen LogP contribution in [0.3, 0.4) is 0 Å². The van der Waals surface area contributed by atoms with Crippen LogP contribution in [0.5, 0.6) is 0 Å². The molecular weight excluding hydrogens is 108 g/mol. The number of hydrogen-bond acceptors (Lipinski definition) is 0. The van der Waals surface area contributed by atoms with E-state index in [-0.39, 0.29) is 0 Å². The fourth-order valence-corrected chi connectivity index (χ4v) is 0.461. The minimum Gasteiger partial charge on any atom is -0.0991 e. The van der Waals surface area contributed by atoms with Crippen molar-refractivity contribution in [3.63, 3.8) is 0 Å². The Bertz CT molecular complexity index is 147. The molecule has 0 aromatic rings. The van der Waals surface area contributed by atoms with E-state index < -0.39 is 0 Å². The molecule has 0 unspecified atom stereocenters. The van der Waals surface area contributed by atoms with Crippen molar-refractivity contribution in [2.75, 3.05) is 0 Å². The highest BCUT2D eigenvalue weighted by Gasteiger charge is 1.72. The van der Waals surface area contributed by atoms with Crippen molar-refractivity contribution >= 4 is 0 Å². The molecule has 0 nitrogen and oxygen atoms in total. The third kappa shape index (κ3) is 4.82. The lowest BCUT2D eigenvalue weighted by molar-refractivity contribution is 1.53. The summed E-state index contributed by atoms with van der Waals surface area (Å²) < 4.78 is 0. The van der Waals surface area contributed by atoms with Gasteiger partial charge in [-0.15, -0.1) is 0 Å². The first-order valence-electron chi connectivity index (χ1n) is 2.89. The summed E-state index contributed by atoms with van der Waals surface area (Å²) in [6, 6.07) is 0. The van der Waals surface area contributed by atoms with Gasteiger partial charge in [0.15, 0.2) is 0 Å². The molecule has 0 heteroatoms. The molecule has 0 aromatic carbocycles. The van der Waals surface area contributed by atoms with E-state index >= 15 is 0 Å². The molecule has 9 heavy (non-hydrogen) atoms. The third-order valence-corrected chi connectivity index (χ3v) is 0.876. The SMILES string of the molecule is C=C/C=C\C(C)=C\C=C. The van der Waals surface area contributed by atoms with E-state index in [0.717, 1.165) is 0 Å². The van der Waals surface area contributed by atoms with Crippen LogP contribution in [0.25, 0.3) is 0 Å². The Morgan fingerprint density at radius 3 is 2.33 bits per heavy atom. The van der Waals surface area contributed by atoms with Crippen LogP contribution in [0.4, 0.5) is 0 Å². The fourth-order valence-electron chi connectivity index (χ4n) is 0.461. The Morgan fingerprint density at radius 2 is 1.89 bits per heavy atom. The summed E-state index contributed by atoms with van der Waals surface area (Å²) in [6.45, 7) is 9.14. The normalized spacial score (nSPS) is 11.9. The van der Waals surface area contributed by atoms with Gasteiger partial charge in [-0.1, -0.05) is 49.1 Å². The largest absolute Gasteiger partial charge is 0.0991 e. The van der Waals surface area contributed by atoms with Crippen molar-refractivity contribution in [2.24, 2.45) is 0 Å². The predicted molar refractivity (Wildman–Crippen MR) is 43.3 cm³/mol. The molecule has 0 aliphatic heterocycles. The fraction of sp³-hybridized carbons (Fsp3) is 0.111. The molecule has 0 aliphatic rings. The zero-order valence-corrected chi connectivity index (χ0v) is 5.80. The second-order valence-corrected chi connectivity index (χ2v) is 1.74. The third-order valence-electron chi connectivity index (χ3n) is 0.876. The van der Waals surface area contributed by atoms with Crippen LogP contribution in [0.15, 0.2) is 49.1 Å². The molecule has 0 amide bonds.